The lowest BCUT2D eigenvalue weighted by molar-refractivity contribution is -0.387. The number of amides is 1. The van der Waals surface area contributed by atoms with E-state index in [-0.39, 0.29) is 6.54 Å². The normalized spacial score (nSPS) is 11.2. The van der Waals surface area contributed by atoms with E-state index in [4.69, 9.17) is 4.74 Å². The van der Waals surface area contributed by atoms with E-state index in [1.54, 1.807) is 6.07 Å². The highest BCUT2D eigenvalue weighted by Crippen LogP contribution is 2.23. The van der Waals surface area contributed by atoms with Crippen molar-refractivity contribution in [2.75, 3.05) is 13.7 Å². The van der Waals surface area contributed by atoms with Crippen LogP contribution in [0.1, 0.15) is 5.56 Å². The Morgan fingerprint density at radius 3 is 2.60 bits per heavy atom. The second-order valence-corrected chi connectivity index (χ2v) is 7.90. The van der Waals surface area contributed by atoms with E-state index in [0.717, 1.165) is 23.1 Å². The molecule has 0 fully saturated rings. The number of carbonyl (C=O) groups excluding carboxylic acids is 1. The van der Waals surface area contributed by atoms with Crippen molar-refractivity contribution in [2.45, 2.75) is 11.4 Å². The Bertz CT molecular complexity index is 1210. The van der Waals surface area contributed by atoms with Gasteiger partial charge >= 0.3 is 0 Å². The van der Waals surface area contributed by atoms with Gasteiger partial charge in [0, 0.05) is 24.1 Å². The van der Waals surface area contributed by atoms with Crippen LogP contribution < -0.4 is 14.8 Å². The minimum atomic E-state index is -4.24. The number of nitrogens with zero attached hydrogens (tertiary/aromatic N) is 2. The summed E-state index contributed by atoms with van der Waals surface area (Å²) in [5.41, 5.74) is 0.867. The Morgan fingerprint density at radius 1 is 1.17 bits per heavy atom. The van der Waals surface area contributed by atoms with Crippen molar-refractivity contribution in [2.24, 2.45) is 0 Å². The van der Waals surface area contributed by atoms with Gasteiger partial charge < -0.3 is 10.1 Å². The first-order valence-electron chi connectivity index (χ1n) is 8.74. The molecule has 3 rings (SSSR count). The fourth-order valence-electron chi connectivity index (χ4n) is 2.80. The molecule has 0 saturated heterocycles. The highest BCUT2D eigenvalue weighted by molar-refractivity contribution is 7.89. The summed E-state index contributed by atoms with van der Waals surface area (Å²) in [5.74, 6) is -0.216. The minimum absolute atomic E-state index is 0.117. The van der Waals surface area contributed by atoms with E-state index >= 15 is 0 Å². The number of pyridine rings is 1. The number of aromatic nitrogens is 1. The van der Waals surface area contributed by atoms with Gasteiger partial charge in [0.25, 0.3) is 5.69 Å². The Hall–Kier alpha value is -3.57. The number of rotatable bonds is 8. The first-order valence-corrected chi connectivity index (χ1v) is 10.2. The van der Waals surface area contributed by atoms with Crippen molar-refractivity contribution < 1.29 is 22.9 Å². The van der Waals surface area contributed by atoms with Gasteiger partial charge in [-0.2, -0.15) is 0 Å². The van der Waals surface area contributed by atoms with Crippen LogP contribution in [0.25, 0.3) is 10.9 Å². The molecule has 11 heteroatoms. The van der Waals surface area contributed by atoms with Crippen LogP contribution in [0.5, 0.6) is 5.88 Å². The Balaban J connectivity index is 1.69. The molecule has 0 spiro atoms. The second-order valence-electron chi connectivity index (χ2n) is 6.17. The molecule has 3 aromatic rings. The van der Waals surface area contributed by atoms with Gasteiger partial charge in [-0.15, -0.1) is 0 Å². The van der Waals surface area contributed by atoms with E-state index < -0.39 is 38.0 Å². The van der Waals surface area contributed by atoms with Crippen LogP contribution in [0.2, 0.25) is 0 Å². The molecule has 2 aromatic carbocycles. The predicted octanol–water partition coefficient (Wildman–Crippen LogP) is 1.75. The number of methoxy groups -OCH3 is 1. The molecule has 10 nitrogen and oxygen atoms in total. The standard InChI is InChI=1S/C19H18N4O6S/c1-29-19-10-13(14-6-2-3-7-15(14)22-19)11-20-18(24)12-21-30(27,28)17-9-5-4-8-16(17)23(25)26/h2-10,21H,11-12H2,1H3,(H,20,24). The van der Waals surface area contributed by atoms with E-state index in [9.17, 15) is 23.3 Å². The van der Waals surface area contributed by atoms with Gasteiger partial charge in [0.2, 0.25) is 21.8 Å². The summed E-state index contributed by atoms with van der Waals surface area (Å²) in [7, 11) is -2.76. The maximum atomic E-state index is 12.4. The van der Waals surface area contributed by atoms with Gasteiger partial charge in [-0.3, -0.25) is 14.9 Å². The van der Waals surface area contributed by atoms with Crippen LogP contribution in [0.4, 0.5) is 5.69 Å². The van der Waals surface area contributed by atoms with Crippen molar-refractivity contribution in [3.05, 3.63) is 70.3 Å². The van der Waals surface area contributed by atoms with Gasteiger partial charge in [0.15, 0.2) is 4.90 Å². The maximum Gasteiger partial charge on any atom is 0.289 e. The van der Waals surface area contributed by atoms with Crippen molar-refractivity contribution in [1.82, 2.24) is 15.0 Å². The summed E-state index contributed by atoms with van der Waals surface area (Å²) in [6.07, 6.45) is 0. The highest BCUT2D eigenvalue weighted by Gasteiger charge is 2.25. The number of hydrogen-bond acceptors (Lipinski definition) is 7. The first-order chi connectivity index (χ1) is 14.3. The molecule has 30 heavy (non-hydrogen) atoms. The molecule has 0 aliphatic carbocycles. The number of para-hydroxylation sites is 2. The molecule has 1 aromatic heterocycles. The smallest absolute Gasteiger partial charge is 0.289 e. The third kappa shape index (κ3) is 4.70. The van der Waals surface area contributed by atoms with Crippen LogP contribution in [-0.2, 0) is 21.4 Å². The fraction of sp³-hybridized carbons (Fsp3) is 0.158. The van der Waals surface area contributed by atoms with E-state index in [0.29, 0.717) is 11.4 Å². The summed E-state index contributed by atoms with van der Waals surface area (Å²) in [6.45, 7) is -0.458. The predicted molar refractivity (Wildman–Crippen MR) is 108 cm³/mol. The number of nitrogens with one attached hydrogen (secondary N) is 2. The van der Waals surface area contributed by atoms with E-state index in [2.05, 4.69) is 15.0 Å². The molecule has 0 aliphatic rings. The number of carbonyl (C=O) groups is 1. The Morgan fingerprint density at radius 2 is 1.87 bits per heavy atom. The van der Waals surface area contributed by atoms with Crippen molar-refractivity contribution in [1.29, 1.82) is 0 Å². The molecular weight excluding hydrogens is 412 g/mol. The van der Waals surface area contributed by atoms with Crippen LogP contribution >= 0.6 is 0 Å². The molecule has 1 heterocycles. The van der Waals surface area contributed by atoms with Crippen LogP contribution in [0.15, 0.2) is 59.5 Å². The summed E-state index contributed by atoms with van der Waals surface area (Å²) < 4.78 is 32.0. The van der Waals surface area contributed by atoms with E-state index in [1.807, 2.05) is 24.3 Å². The fourth-order valence-corrected chi connectivity index (χ4v) is 3.95. The largest absolute Gasteiger partial charge is 0.481 e. The zero-order chi connectivity index (χ0) is 21.7. The second kappa shape index (κ2) is 8.84. The van der Waals surface area contributed by atoms with Gasteiger partial charge in [0.05, 0.1) is 24.1 Å². The average Bonchev–Trinajstić information content (AvgIpc) is 2.75. The van der Waals surface area contributed by atoms with Crippen molar-refractivity contribution in [3.8, 4) is 5.88 Å². The summed E-state index contributed by atoms with van der Waals surface area (Å²) in [5, 5.41) is 14.5. The number of hydrogen-bond donors (Lipinski definition) is 2. The zero-order valence-corrected chi connectivity index (χ0v) is 16.7. The third-order valence-electron chi connectivity index (χ3n) is 4.24. The number of nitro groups is 1. The number of ether oxygens (including phenoxy) is 1. The number of fused-ring (bicyclic) bond motifs is 1. The quantitative estimate of drug-likeness (QED) is 0.410. The molecule has 1 amide bonds. The molecule has 2 N–H and O–H groups in total. The number of sulfonamides is 1. The topological polar surface area (TPSA) is 141 Å². The first kappa shape index (κ1) is 21.1. The summed E-state index contributed by atoms with van der Waals surface area (Å²) in [6, 6.07) is 13.9. The van der Waals surface area contributed by atoms with E-state index in [1.165, 1.54) is 19.2 Å². The average molecular weight is 430 g/mol. The monoisotopic (exact) mass is 430 g/mol. The molecule has 0 aliphatic heterocycles. The van der Waals surface area contributed by atoms with Crippen LogP contribution in [0, 0.1) is 10.1 Å². The van der Waals surface area contributed by atoms with Crippen molar-refractivity contribution in [3.63, 3.8) is 0 Å². The molecule has 0 saturated carbocycles. The molecule has 156 valence electrons. The molecule has 0 radical (unpaired) electrons. The lowest BCUT2D eigenvalue weighted by Gasteiger charge is -2.11. The molecular formula is C19H18N4O6S. The lowest BCUT2D eigenvalue weighted by atomic mass is 10.1. The third-order valence-corrected chi connectivity index (χ3v) is 5.69. The SMILES string of the molecule is COc1cc(CNC(=O)CNS(=O)(=O)c2ccccc2[N+](=O)[O-])c2ccccc2n1. The Kier molecular flexibility index (Phi) is 6.23. The lowest BCUT2D eigenvalue weighted by Crippen LogP contribution is -2.36. The minimum Gasteiger partial charge on any atom is -0.481 e. The Labute approximate surface area is 172 Å². The summed E-state index contributed by atoms with van der Waals surface area (Å²) >= 11 is 0. The molecule has 0 bridgehead atoms. The number of benzene rings is 2. The molecule has 0 atom stereocenters. The van der Waals surface area contributed by atoms with Gasteiger partial charge in [-0.1, -0.05) is 30.3 Å². The summed E-state index contributed by atoms with van der Waals surface area (Å²) in [4.78, 5) is 26.3. The van der Waals surface area contributed by atoms with Gasteiger partial charge in [0.1, 0.15) is 0 Å². The van der Waals surface area contributed by atoms with Crippen LogP contribution in [-0.4, -0.2) is 37.9 Å². The highest BCUT2D eigenvalue weighted by atomic mass is 32.2. The van der Waals surface area contributed by atoms with Crippen LogP contribution in [0.3, 0.4) is 0 Å². The zero-order valence-electron chi connectivity index (χ0n) is 15.9. The van der Waals surface area contributed by atoms with Gasteiger partial charge in [-0.05, 0) is 17.7 Å². The molecule has 0 unspecified atom stereocenters. The maximum absolute atomic E-state index is 12.4. The number of nitro benzene ring substituents is 1. The van der Waals surface area contributed by atoms with Gasteiger partial charge in [-0.25, -0.2) is 18.1 Å². The van der Waals surface area contributed by atoms with Crippen molar-refractivity contribution >= 4 is 32.5 Å².